The van der Waals surface area contributed by atoms with Gasteiger partial charge in [-0.15, -0.1) is 0 Å². The van der Waals surface area contributed by atoms with Gasteiger partial charge in [0.15, 0.2) is 16.6 Å². The van der Waals surface area contributed by atoms with E-state index in [1.165, 1.54) is 0 Å². The predicted molar refractivity (Wildman–Crippen MR) is 130 cm³/mol. The van der Waals surface area contributed by atoms with Gasteiger partial charge in [0, 0.05) is 11.6 Å². The van der Waals surface area contributed by atoms with Crippen molar-refractivity contribution in [3.8, 4) is 11.5 Å². The molecule has 0 aliphatic heterocycles. The molecule has 6 nitrogen and oxygen atoms in total. The zero-order chi connectivity index (χ0) is 22.4. The van der Waals surface area contributed by atoms with Crippen LogP contribution in [0.2, 0.25) is 5.02 Å². The first-order valence-corrected chi connectivity index (χ1v) is 10.7. The Balaban J connectivity index is 1.58. The van der Waals surface area contributed by atoms with E-state index in [4.69, 9.17) is 33.3 Å². The van der Waals surface area contributed by atoms with Crippen LogP contribution in [0.4, 0.5) is 5.69 Å². The van der Waals surface area contributed by atoms with Crippen molar-refractivity contribution in [1.29, 1.82) is 0 Å². The molecule has 164 valence electrons. The van der Waals surface area contributed by atoms with E-state index in [9.17, 15) is 0 Å². The monoisotopic (exact) mass is 458 g/mol. The molecule has 8 heteroatoms. The van der Waals surface area contributed by atoms with Gasteiger partial charge in [0.25, 0.3) is 0 Å². The van der Waals surface area contributed by atoms with Crippen molar-refractivity contribution in [1.82, 2.24) is 15.1 Å². The third kappa shape index (κ3) is 5.68. The molecule has 0 aliphatic carbocycles. The third-order valence-corrected chi connectivity index (χ3v) is 5.66. The second kappa shape index (κ2) is 10.5. The standard InChI is InChI=1S/C23H27ClN4O2S/c1-15-22(16(2)28(27-15)14-18-7-5-6-8-19(18)24)26-23(31)25-12-11-17-9-10-20(29-3)21(13-17)30-4/h5-10,13H,11-12,14H2,1-4H3,(H2,25,26,31). The molecular formula is C23H27ClN4O2S. The Morgan fingerprint density at radius 3 is 2.55 bits per heavy atom. The number of hydrogen-bond donors (Lipinski definition) is 2. The normalized spacial score (nSPS) is 10.6. The first kappa shape index (κ1) is 22.9. The van der Waals surface area contributed by atoms with Crippen molar-refractivity contribution in [2.45, 2.75) is 26.8 Å². The van der Waals surface area contributed by atoms with Gasteiger partial charge in [0.2, 0.25) is 0 Å². The van der Waals surface area contributed by atoms with E-state index in [0.29, 0.717) is 18.2 Å². The van der Waals surface area contributed by atoms with Crippen LogP contribution in [0, 0.1) is 13.8 Å². The minimum atomic E-state index is 0.559. The van der Waals surface area contributed by atoms with Gasteiger partial charge >= 0.3 is 0 Å². The zero-order valence-electron chi connectivity index (χ0n) is 18.2. The summed E-state index contributed by atoms with van der Waals surface area (Å²) in [6, 6.07) is 13.7. The van der Waals surface area contributed by atoms with Crippen LogP contribution in [0.5, 0.6) is 11.5 Å². The van der Waals surface area contributed by atoms with Gasteiger partial charge in [-0.05, 0) is 61.8 Å². The number of nitrogens with one attached hydrogen (secondary N) is 2. The summed E-state index contributed by atoms with van der Waals surface area (Å²) >= 11 is 11.8. The minimum absolute atomic E-state index is 0.559. The molecule has 0 spiro atoms. The van der Waals surface area contributed by atoms with Crippen molar-refractivity contribution in [3.05, 3.63) is 70.0 Å². The lowest BCUT2D eigenvalue weighted by atomic mass is 10.1. The molecule has 0 radical (unpaired) electrons. The van der Waals surface area contributed by atoms with Crippen LogP contribution in [0.1, 0.15) is 22.5 Å². The molecule has 1 aromatic heterocycles. The van der Waals surface area contributed by atoms with Gasteiger partial charge in [-0.25, -0.2) is 0 Å². The second-order valence-electron chi connectivity index (χ2n) is 7.12. The number of halogens is 1. The fourth-order valence-corrected chi connectivity index (χ4v) is 3.73. The summed E-state index contributed by atoms with van der Waals surface area (Å²) in [5, 5.41) is 12.5. The lowest BCUT2D eigenvalue weighted by Gasteiger charge is -2.13. The van der Waals surface area contributed by atoms with Gasteiger partial charge in [-0.3, -0.25) is 4.68 Å². The lowest BCUT2D eigenvalue weighted by molar-refractivity contribution is 0.354. The van der Waals surface area contributed by atoms with Gasteiger partial charge in [-0.1, -0.05) is 35.9 Å². The van der Waals surface area contributed by atoms with E-state index >= 15 is 0 Å². The number of thiocarbonyl (C=S) groups is 1. The Kier molecular flexibility index (Phi) is 7.76. The van der Waals surface area contributed by atoms with Crippen molar-refractivity contribution in [3.63, 3.8) is 0 Å². The fourth-order valence-electron chi connectivity index (χ4n) is 3.33. The summed E-state index contributed by atoms with van der Waals surface area (Å²) in [5.41, 5.74) is 4.95. The molecule has 31 heavy (non-hydrogen) atoms. The van der Waals surface area contributed by atoms with E-state index < -0.39 is 0 Å². The Bertz CT molecular complexity index is 1070. The Labute approximate surface area is 193 Å². The summed E-state index contributed by atoms with van der Waals surface area (Å²) < 4.78 is 12.6. The van der Waals surface area contributed by atoms with Crippen molar-refractivity contribution >= 4 is 34.6 Å². The van der Waals surface area contributed by atoms with Crippen molar-refractivity contribution in [2.24, 2.45) is 0 Å². The molecule has 0 saturated carbocycles. The highest BCUT2D eigenvalue weighted by atomic mass is 35.5. The van der Waals surface area contributed by atoms with E-state index in [1.807, 2.05) is 61.0 Å². The van der Waals surface area contributed by atoms with Crippen LogP contribution < -0.4 is 20.1 Å². The predicted octanol–water partition coefficient (Wildman–Crippen LogP) is 4.75. The number of aromatic nitrogens is 2. The topological polar surface area (TPSA) is 60.3 Å². The Morgan fingerprint density at radius 1 is 1.10 bits per heavy atom. The molecule has 1 heterocycles. The molecular weight excluding hydrogens is 432 g/mol. The van der Waals surface area contributed by atoms with Gasteiger partial charge in [0.05, 0.1) is 37.8 Å². The highest BCUT2D eigenvalue weighted by molar-refractivity contribution is 7.80. The van der Waals surface area contributed by atoms with Crippen LogP contribution in [0.25, 0.3) is 0 Å². The highest BCUT2D eigenvalue weighted by Crippen LogP contribution is 2.27. The first-order valence-electron chi connectivity index (χ1n) is 9.96. The summed E-state index contributed by atoms with van der Waals surface area (Å²) in [7, 11) is 3.26. The first-order chi connectivity index (χ1) is 14.9. The molecule has 2 N–H and O–H groups in total. The number of aryl methyl sites for hydroxylation is 1. The average Bonchev–Trinajstić information content (AvgIpc) is 3.02. The largest absolute Gasteiger partial charge is 0.493 e. The summed E-state index contributed by atoms with van der Waals surface area (Å²) in [6.07, 6.45) is 0.798. The van der Waals surface area contributed by atoms with E-state index in [1.54, 1.807) is 14.2 Å². The van der Waals surface area contributed by atoms with Gasteiger partial charge in [-0.2, -0.15) is 5.10 Å². The maximum atomic E-state index is 6.30. The number of hydrogen-bond acceptors (Lipinski definition) is 4. The highest BCUT2D eigenvalue weighted by Gasteiger charge is 2.14. The third-order valence-electron chi connectivity index (χ3n) is 5.05. The van der Waals surface area contributed by atoms with Crippen LogP contribution in [-0.2, 0) is 13.0 Å². The number of ether oxygens (including phenoxy) is 2. The molecule has 3 aromatic rings. The number of benzene rings is 2. The van der Waals surface area contributed by atoms with Gasteiger partial charge in [0.1, 0.15) is 0 Å². The molecule has 2 aromatic carbocycles. The molecule has 0 saturated heterocycles. The Morgan fingerprint density at radius 2 is 1.84 bits per heavy atom. The van der Waals surface area contributed by atoms with E-state index in [2.05, 4.69) is 15.7 Å². The maximum absolute atomic E-state index is 6.30. The summed E-state index contributed by atoms with van der Waals surface area (Å²) in [4.78, 5) is 0. The molecule has 0 amide bonds. The zero-order valence-corrected chi connectivity index (χ0v) is 19.7. The molecule has 0 bridgehead atoms. The number of nitrogens with zero attached hydrogens (tertiary/aromatic N) is 2. The number of rotatable bonds is 8. The van der Waals surface area contributed by atoms with Crippen LogP contribution in [0.3, 0.4) is 0 Å². The van der Waals surface area contributed by atoms with Crippen LogP contribution >= 0.6 is 23.8 Å². The molecule has 0 atom stereocenters. The number of anilines is 1. The average molecular weight is 459 g/mol. The Hall–Kier alpha value is -2.77. The maximum Gasteiger partial charge on any atom is 0.170 e. The molecule has 3 rings (SSSR count). The fraction of sp³-hybridized carbons (Fsp3) is 0.304. The summed E-state index contributed by atoms with van der Waals surface area (Å²) in [5.74, 6) is 1.44. The van der Waals surface area contributed by atoms with Crippen LogP contribution in [-0.4, -0.2) is 35.7 Å². The summed E-state index contributed by atoms with van der Waals surface area (Å²) in [6.45, 7) is 5.27. The lowest BCUT2D eigenvalue weighted by Crippen LogP contribution is -2.30. The smallest absolute Gasteiger partial charge is 0.170 e. The van der Waals surface area contributed by atoms with E-state index in [0.717, 1.165) is 51.1 Å². The molecule has 0 unspecified atom stereocenters. The van der Waals surface area contributed by atoms with E-state index in [-0.39, 0.29) is 0 Å². The molecule has 0 aliphatic rings. The van der Waals surface area contributed by atoms with Crippen molar-refractivity contribution in [2.75, 3.05) is 26.1 Å². The van der Waals surface area contributed by atoms with Gasteiger partial charge < -0.3 is 20.1 Å². The second-order valence-corrected chi connectivity index (χ2v) is 7.93. The minimum Gasteiger partial charge on any atom is -0.493 e. The van der Waals surface area contributed by atoms with Crippen molar-refractivity contribution < 1.29 is 9.47 Å². The molecule has 0 fully saturated rings. The quantitative estimate of drug-likeness (QED) is 0.475. The number of methoxy groups -OCH3 is 2. The van der Waals surface area contributed by atoms with Crippen LogP contribution in [0.15, 0.2) is 42.5 Å². The SMILES string of the molecule is COc1ccc(CCNC(=S)Nc2c(C)nn(Cc3ccccc3Cl)c2C)cc1OC.